The minimum Gasteiger partial charge on any atom is -0.496 e. The maximum atomic E-state index is 5.64. The molecule has 2 aromatic carbocycles. The third-order valence-electron chi connectivity index (χ3n) is 5.15. The predicted octanol–water partition coefficient (Wildman–Crippen LogP) is 4.12. The van der Waals surface area contributed by atoms with E-state index in [1.165, 1.54) is 16.6 Å². The second-order valence-corrected chi connectivity index (χ2v) is 6.71. The molecule has 0 unspecified atom stereocenters. The Balaban J connectivity index is 1.93. The van der Waals surface area contributed by atoms with Crippen LogP contribution >= 0.6 is 0 Å². The molecule has 3 aromatic rings. The standard InChI is InChI=1S/C21H25N3O/c1-3-14-12-19-17(13-20(14)25-2)21(23-15-8-10-22-11-9-15)16-6-4-5-7-18(16)24-19/h4-7,12-13,15,22H,3,8-11H2,1-2H3,(H,23,24). The summed E-state index contributed by atoms with van der Waals surface area (Å²) in [4.78, 5) is 4.91. The van der Waals surface area contributed by atoms with Gasteiger partial charge in [-0.05, 0) is 56.1 Å². The van der Waals surface area contributed by atoms with Gasteiger partial charge in [-0.1, -0.05) is 25.1 Å². The highest BCUT2D eigenvalue weighted by atomic mass is 16.5. The summed E-state index contributed by atoms with van der Waals surface area (Å²) in [5.41, 5.74) is 4.46. The fraction of sp³-hybridized carbons (Fsp3) is 0.381. The van der Waals surface area contributed by atoms with E-state index in [1.54, 1.807) is 7.11 Å². The van der Waals surface area contributed by atoms with Crippen molar-refractivity contribution in [3.8, 4) is 5.75 Å². The van der Waals surface area contributed by atoms with Gasteiger partial charge in [0.05, 0.1) is 23.8 Å². The summed E-state index contributed by atoms with van der Waals surface area (Å²) >= 11 is 0. The van der Waals surface area contributed by atoms with Crippen LogP contribution in [0.5, 0.6) is 5.75 Å². The highest BCUT2D eigenvalue weighted by Gasteiger charge is 2.17. The first-order valence-electron chi connectivity index (χ1n) is 9.16. The number of hydrogen-bond donors (Lipinski definition) is 2. The van der Waals surface area contributed by atoms with Crippen LogP contribution in [0.25, 0.3) is 21.8 Å². The molecule has 4 heteroatoms. The molecule has 130 valence electrons. The summed E-state index contributed by atoms with van der Waals surface area (Å²) in [5.74, 6) is 0.945. The molecule has 0 bridgehead atoms. The van der Waals surface area contributed by atoms with Crippen LogP contribution in [0, 0.1) is 0 Å². The number of ether oxygens (including phenoxy) is 1. The van der Waals surface area contributed by atoms with E-state index in [9.17, 15) is 0 Å². The topological polar surface area (TPSA) is 46.2 Å². The number of nitrogens with zero attached hydrogens (tertiary/aromatic N) is 1. The molecule has 0 atom stereocenters. The largest absolute Gasteiger partial charge is 0.496 e. The number of anilines is 1. The maximum Gasteiger partial charge on any atom is 0.122 e. The Bertz CT molecular complexity index is 900. The van der Waals surface area contributed by atoms with Crippen LogP contribution in [-0.2, 0) is 6.42 Å². The van der Waals surface area contributed by atoms with Crippen LogP contribution < -0.4 is 15.4 Å². The van der Waals surface area contributed by atoms with Gasteiger partial charge in [0.15, 0.2) is 0 Å². The van der Waals surface area contributed by atoms with Gasteiger partial charge in [-0.25, -0.2) is 4.98 Å². The van der Waals surface area contributed by atoms with E-state index < -0.39 is 0 Å². The molecule has 2 N–H and O–H groups in total. The number of fused-ring (bicyclic) bond motifs is 2. The first-order valence-corrected chi connectivity index (χ1v) is 9.16. The van der Waals surface area contributed by atoms with E-state index in [1.807, 2.05) is 0 Å². The van der Waals surface area contributed by atoms with Gasteiger partial charge >= 0.3 is 0 Å². The van der Waals surface area contributed by atoms with Crippen molar-refractivity contribution in [2.45, 2.75) is 32.2 Å². The fourth-order valence-electron chi connectivity index (χ4n) is 3.75. The van der Waals surface area contributed by atoms with Crippen LogP contribution in [-0.4, -0.2) is 31.2 Å². The Morgan fingerprint density at radius 3 is 2.68 bits per heavy atom. The first kappa shape index (κ1) is 16.2. The number of piperidine rings is 1. The number of hydrogen-bond acceptors (Lipinski definition) is 4. The molecule has 1 fully saturated rings. The number of benzene rings is 2. The molecule has 25 heavy (non-hydrogen) atoms. The molecule has 1 aromatic heterocycles. The molecular weight excluding hydrogens is 310 g/mol. The van der Waals surface area contributed by atoms with Crippen molar-refractivity contribution in [1.29, 1.82) is 0 Å². The highest BCUT2D eigenvalue weighted by Crippen LogP contribution is 2.36. The number of methoxy groups -OCH3 is 1. The van der Waals surface area contributed by atoms with Crippen molar-refractivity contribution < 1.29 is 4.74 Å². The first-order chi connectivity index (χ1) is 12.3. The summed E-state index contributed by atoms with van der Waals surface area (Å²) in [6.45, 7) is 4.29. The van der Waals surface area contributed by atoms with Crippen LogP contribution in [0.2, 0.25) is 0 Å². The van der Waals surface area contributed by atoms with Crippen molar-refractivity contribution in [2.75, 3.05) is 25.5 Å². The molecule has 0 amide bonds. The molecule has 4 rings (SSSR count). The second-order valence-electron chi connectivity index (χ2n) is 6.71. The summed E-state index contributed by atoms with van der Waals surface area (Å²) in [5, 5.41) is 9.58. The van der Waals surface area contributed by atoms with Gasteiger partial charge in [0, 0.05) is 16.8 Å². The Morgan fingerprint density at radius 1 is 1.12 bits per heavy atom. The molecule has 1 saturated heterocycles. The van der Waals surface area contributed by atoms with Gasteiger partial charge in [0.1, 0.15) is 5.75 Å². The van der Waals surface area contributed by atoms with Crippen molar-refractivity contribution in [2.24, 2.45) is 0 Å². The number of rotatable bonds is 4. The third-order valence-corrected chi connectivity index (χ3v) is 5.15. The van der Waals surface area contributed by atoms with E-state index in [0.717, 1.165) is 54.5 Å². The van der Waals surface area contributed by atoms with E-state index in [4.69, 9.17) is 9.72 Å². The lowest BCUT2D eigenvalue weighted by molar-refractivity contribution is 0.411. The molecule has 0 spiro atoms. The van der Waals surface area contributed by atoms with Crippen LogP contribution in [0.3, 0.4) is 0 Å². The monoisotopic (exact) mass is 335 g/mol. The van der Waals surface area contributed by atoms with Crippen molar-refractivity contribution in [3.05, 3.63) is 42.0 Å². The Kier molecular flexibility index (Phi) is 4.45. The van der Waals surface area contributed by atoms with Gasteiger partial charge in [-0.15, -0.1) is 0 Å². The smallest absolute Gasteiger partial charge is 0.122 e. The Hall–Kier alpha value is -2.33. The SMILES string of the molecule is CCc1cc2nc3ccccc3c(NC3CCNCC3)c2cc1OC. The van der Waals surface area contributed by atoms with Crippen LogP contribution in [0.4, 0.5) is 5.69 Å². The molecular formula is C21H25N3O. The molecule has 4 nitrogen and oxygen atoms in total. The summed E-state index contributed by atoms with van der Waals surface area (Å²) in [6, 6.07) is 13.2. The Morgan fingerprint density at radius 2 is 1.92 bits per heavy atom. The third kappa shape index (κ3) is 3.02. The lowest BCUT2D eigenvalue weighted by atomic mass is 10.0. The van der Waals surface area contributed by atoms with Gasteiger partial charge in [-0.3, -0.25) is 0 Å². The lowest BCUT2D eigenvalue weighted by Crippen LogP contribution is -2.35. The normalized spacial score (nSPS) is 15.6. The van der Waals surface area contributed by atoms with Crippen LogP contribution in [0.1, 0.15) is 25.3 Å². The quantitative estimate of drug-likeness (QED) is 0.704. The van der Waals surface area contributed by atoms with Crippen molar-refractivity contribution >= 4 is 27.5 Å². The average Bonchev–Trinajstić information content (AvgIpc) is 2.67. The van der Waals surface area contributed by atoms with Gasteiger partial charge in [0.25, 0.3) is 0 Å². The van der Waals surface area contributed by atoms with Gasteiger partial charge in [0.2, 0.25) is 0 Å². The summed E-state index contributed by atoms with van der Waals surface area (Å²) in [7, 11) is 1.74. The van der Waals surface area contributed by atoms with E-state index in [0.29, 0.717) is 6.04 Å². The predicted molar refractivity (Wildman–Crippen MR) is 105 cm³/mol. The summed E-state index contributed by atoms with van der Waals surface area (Å²) in [6.07, 6.45) is 3.22. The van der Waals surface area contributed by atoms with Crippen molar-refractivity contribution in [1.82, 2.24) is 10.3 Å². The summed E-state index contributed by atoms with van der Waals surface area (Å²) < 4.78 is 5.64. The molecule has 0 saturated carbocycles. The van der Waals surface area contributed by atoms with Gasteiger partial charge in [-0.2, -0.15) is 0 Å². The highest BCUT2D eigenvalue weighted by molar-refractivity contribution is 6.08. The molecule has 1 aliphatic rings. The minimum atomic E-state index is 0.493. The maximum absolute atomic E-state index is 5.64. The van der Waals surface area contributed by atoms with Crippen LogP contribution in [0.15, 0.2) is 36.4 Å². The minimum absolute atomic E-state index is 0.493. The average molecular weight is 335 g/mol. The zero-order valence-electron chi connectivity index (χ0n) is 14.9. The fourth-order valence-corrected chi connectivity index (χ4v) is 3.75. The lowest BCUT2D eigenvalue weighted by Gasteiger charge is -2.26. The zero-order valence-corrected chi connectivity index (χ0v) is 14.9. The molecule has 0 aliphatic carbocycles. The van der Waals surface area contributed by atoms with E-state index in [-0.39, 0.29) is 0 Å². The molecule has 2 heterocycles. The number of pyridine rings is 1. The number of para-hydroxylation sites is 1. The van der Waals surface area contributed by atoms with Crippen molar-refractivity contribution in [3.63, 3.8) is 0 Å². The Labute approximate surface area is 148 Å². The second kappa shape index (κ2) is 6.89. The molecule has 0 radical (unpaired) electrons. The van der Waals surface area contributed by atoms with E-state index in [2.05, 4.69) is 54.0 Å². The van der Waals surface area contributed by atoms with E-state index >= 15 is 0 Å². The number of aromatic nitrogens is 1. The van der Waals surface area contributed by atoms with Gasteiger partial charge < -0.3 is 15.4 Å². The zero-order chi connectivity index (χ0) is 17.2. The number of aryl methyl sites for hydroxylation is 1. The molecule has 1 aliphatic heterocycles. The number of nitrogens with one attached hydrogen (secondary N) is 2.